The third kappa shape index (κ3) is 3.39. The molecule has 4 atom stereocenters. The van der Waals surface area contributed by atoms with Crippen LogP contribution in [0, 0.1) is 32.8 Å². The maximum Gasteiger partial charge on any atom is 0.237 e. The van der Waals surface area contributed by atoms with Crippen molar-refractivity contribution in [2.45, 2.75) is 17.2 Å². The molecule has 3 rings (SSSR count). The highest BCUT2D eigenvalue weighted by atomic mass is 35.5. The standard InChI is InChI=1S/C18H14ClN3O2S/c19-13-8-6-11(7-9-13)15-14(10-20)18(21)25-17(16(15)22(23)24)12-4-2-1-3-5-12/h1-9,14-17,21H/t14-,15+,16-,17-/m0/s1. The summed E-state index contributed by atoms with van der Waals surface area (Å²) in [5.41, 5.74) is 1.44. The number of nitrogens with zero attached hydrogens (tertiary/aromatic N) is 2. The first kappa shape index (κ1) is 17.5. The van der Waals surface area contributed by atoms with Gasteiger partial charge in [-0.15, -0.1) is 0 Å². The van der Waals surface area contributed by atoms with Gasteiger partial charge in [-0.3, -0.25) is 15.5 Å². The van der Waals surface area contributed by atoms with Crippen LogP contribution in [0.15, 0.2) is 54.6 Å². The molecule has 0 unspecified atom stereocenters. The van der Waals surface area contributed by atoms with Crippen molar-refractivity contribution in [3.05, 3.63) is 80.9 Å². The summed E-state index contributed by atoms with van der Waals surface area (Å²) in [5.74, 6) is -1.54. The minimum absolute atomic E-state index is 0.161. The van der Waals surface area contributed by atoms with Crippen LogP contribution in [0.25, 0.3) is 0 Å². The lowest BCUT2D eigenvalue weighted by Crippen LogP contribution is -2.42. The Hall–Kier alpha value is -2.36. The van der Waals surface area contributed by atoms with Crippen LogP contribution in [-0.2, 0) is 0 Å². The fraction of sp³-hybridized carbons (Fsp3) is 0.222. The summed E-state index contributed by atoms with van der Waals surface area (Å²) in [7, 11) is 0. The van der Waals surface area contributed by atoms with Crippen molar-refractivity contribution < 1.29 is 4.92 Å². The van der Waals surface area contributed by atoms with Crippen molar-refractivity contribution in [3.63, 3.8) is 0 Å². The largest absolute Gasteiger partial charge is 0.297 e. The number of hydrogen-bond donors (Lipinski definition) is 1. The molecular weight excluding hydrogens is 358 g/mol. The Morgan fingerprint density at radius 2 is 1.76 bits per heavy atom. The smallest absolute Gasteiger partial charge is 0.237 e. The number of thioether (sulfide) groups is 1. The molecule has 0 aromatic heterocycles. The fourth-order valence-corrected chi connectivity index (χ4v) is 4.64. The summed E-state index contributed by atoms with van der Waals surface area (Å²) in [6.45, 7) is 0. The average molecular weight is 372 g/mol. The molecule has 0 saturated carbocycles. The van der Waals surface area contributed by atoms with E-state index in [-0.39, 0.29) is 9.97 Å². The Kier molecular flexibility index (Phi) is 5.07. The van der Waals surface area contributed by atoms with E-state index in [1.54, 1.807) is 24.3 Å². The molecule has 0 radical (unpaired) electrons. The van der Waals surface area contributed by atoms with E-state index in [2.05, 4.69) is 6.07 Å². The summed E-state index contributed by atoms with van der Waals surface area (Å²) in [4.78, 5) is 11.6. The molecule has 1 aliphatic heterocycles. The van der Waals surface area contributed by atoms with Crippen LogP contribution >= 0.6 is 23.4 Å². The first-order chi connectivity index (χ1) is 12.0. The zero-order valence-corrected chi connectivity index (χ0v) is 14.6. The molecule has 0 aliphatic carbocycles. The Bertz CT molecular complexity index is 836. The second kappa shape index (κ2) is 7.26. The van der Waals surface area contributed by atoms with Crippen LogP contribution in [0.5, 0.6) is 0 Å². The number of rotatable bonds is 3. The van der Waals surface area contributed by atoms with Crippen LogP contribution in [0.2, 0.25) is 5.02 Å². The molecule has 25 heavy (non-hydrogen) atoms. The molecular formula is C18H14ClN3O2S. The molecule has 1 fully saturated rings. The van der Waals surface area contributed by atoms with Gasteiger partial charge < -0.3 is 0 Å². The van der Waals surface area contributed by atoms with E-state index in [1.165, 1.54) is 0 Å². The van der Waals surface area contributed by atoms with Gasteiger partial charge in [-0.25, -0.2) is 0 Å². The van der Waals surface area contributed by atoms with E-state index in [1.807, 2.05) is 30.3 Å². The molecule has 1 saturated heterocycles. The SMILES string of the molecule is N#C[C@@H]1C(=N)S[C@@H](c2ccccc2)[C@@H]([N+](=O)[O-])[C@@H]1c1ccc(Cl)cc1. The predicted molar refractivity (Wildman–Crippen MR) is 98.6 cm³/mol. The Balaban J connectivity index is 2.12. The molecule has 1 heterocycles. The van der Waals surface area contributed by atoms with Crippen LogP contribution < -0.4 is 0 Å². The van der Waals surface area contributed by atoms with Gasteiger partial charge in [0.15, 0.2) is 0 Å². The lowest BCUT2D eigenvalue weighted by atomic mass is 9.78. The molecule has 1 N–H and O–H groups in total. The monoisotopic (exact) mass is 371 g/mol. The molecule has 2 aromatic carbocycles. The maximum atomic E-state index is 11.9. The van der Waals surface area contributed by atoms with E-state index in [9.17, 15) is 15.4 Å². The van der Waals surface area contributed by atoms with Gasteiger partial charge in [-0.1, -0.05) is 65.8 Å². The van der Waals surface area contributed by atoms with E-state index >= 15 is 0 Å². The van der Waals surface area contributed by atoms with Gasteiger partial charge in [0.1, 0.15) is 11.2 Å². The highest BCUT2D eigenvalue weighted by Crippen LogP contribution is 2.50. The van der Waals surface area contributed by atoms with Crippen LogP contribution in [0.4, 0.5) is 0 Å². The van der Waals surface area contributed by atoms with Gasteiger partial charge in [0.05, 0.1) is 17.0 Å². The molecule has 2 aromatic rings. The molecule has 5 nitrogen and oxygen atoms in total. The summed E-state index contributed by atoms with van der Waals surface area (Å²) in [5, 5.41) is 29.9. The number of benzene rings is 2. The average Bonchev–Trinajstić information content (AvgIpc) is 2.62. The van der Waals surface area contributed by atoms with Gasteiger partial charge in [-0.05, 0) is 23.3 Å². The number of nitrogens with one attached hydrogen (secondary N) is 1. The minimum Gasteiger partial charge on any atom is -0.297 e. The predicted octanol–water partition coefficient (Wildman–Crippen LogP) is 4.67. The lowest BCUT2D eigenvalue weighted by Gasteiger charge is -2.35. The van der Waals surface area contributed by atoms with E-state index in [4.69, 9.17) is 17.0 Å². The molecule has 0 amide bonds. The quantitative estimate of drug-likeness (QED) is 0.626. The topological polar surface area (TPSA) is 90.8 Å². The normalized spacial score (nSPS) is 26.0. The number of nitriles is 1. The van der Waals surface area contributed by atoms with E-state index in [0.29, 0.717) is 10.6 Å². The molecule has 7 heteroatoms. The minimum atomic E-state index is -1.01. The third-order valence-corrected chi connectivity index (χ3v) is 5.90. The summed E-state index contributed by atoms with van der Waals surface area (Å²) in [6, 6.07) is 17.0. The van der Waals surface area contributed by atoms with E-state index < -0.39 is 23.1 Å². The van der Waals surface area contributed by atoms with Crippen LogP contribution in [0.3, 0.4) is 0 Å². The molecule has 0 bridgehead atoms. The summed E-state index contributed by atoms with van der Waals surface area (Å²) >= 11 is 7.03. The highest BCUT2D eigenvalue weighted by molar-refractivity contribution is 8.14. The Morgan fingerprint density at radius 1 is 1.12 bits per heavy atom. The van der Waals surface area contributed by atoms with Gasteiger partial charge in [-0.2, -0.15) is 5.26 Å². The second-order valence-electron chi connectivity index (χ2n) is 5.77. The van der Waals surface area contributed by atoms with Gasteiger partial charge in [0.25, 0.3) is 0 Å². The Morgan fingerprint density at radius 3 is 2.32 bits per heavy atom. The van der Waals surface area contributed by atoms with Crippen molar-refractivity contribution in [2.75, 3.05) is 0 Å². The first-order valence-electron chi connectivity index (χ1n) is 7.61. The number of hydrogen-bond acceptors (Lipinski definition) is 5. The maximum absolute atomic E-state index is 11.9. The molecule has 126 valence electrons. The summed E-state index contributed by atoms with van der Waals surface area (Å²) < 4.78 is 0. The number of halogens is 1. The first-order valence-corrected chi connectivity index (χ1v) is 8.87. The second-order valence-corrected chi connectivity index (χ2v) is 7.39. The number of nitro groups is 1. The molecule has 1 aliphatic rings. The van der Waals surface area contributed by atoms with Crippen molar-refractivity contribution in [2.24, 2.45) is 5.92 Å². The Labute approximate surface area is 154 Å². The fourth-order valence-electron chi connectivity index (χ4n) is 3.19. The molecule has 0 spiro atoms. The highest BCUT2D eigenvalue weighted by Gasteiger charge is 2.51. The van der Waals surface area contributed by atoms with Crippen molar-refractivity contribution >= 4 is 28.4 Å². The zero-order valence-electron chi connectivity index (χ0n) is 13.0. The van der Waals surface area contributed by atoms with Gasteiger partial charge >= 0.3 is 0 Å². The lowest BCUT2D eigenvalue weighted by molar-refractivity contribution is -0.528. The zero-order chi connectivity index (χ0) is 18.0. The summed E-state index contributed by atoms with van der Waals surface area (Å²) in [6.07, 6.45) is 0. The van der Waals surface area contributed by atoms with Crippen LogP contribution in [-0.4, -0.2) is 16.0 Å². The third-order valence-electron chi connectivity index (χ3n) is 4.34. The van der Waals surface area contributed by atoms with Gasteiger partial charge in [0, 0.05) is 9.95 Å². The van der Waals surface area contributed by atoms with Crippen molar-refractivity contribution in [1.82, 2.24) is 0 Å². The van der Waals surface area contributed by atoms with Crippen molar-refractivity contribution in [3.8, 4) is 6.07 Å². The van der Waals surface area contributed by atoms with E-state index in [0.717, 1.165) is 17.3 Å². The van der Waals surface area contributed by atoms with Gasteiger partial charge in [0.2, 0.25) is 6.04 Å². The van der Waals surface area contributed by atoms with Crippen molar-refractivity contribution in [1.29, 1.82) is 10.7 Å². The van der Waals surface area contributed by atoms with Crippen LogP contribution in [0.1, 0.15) is 22.3 Å².